The van der Waals surface area contributed by atoms with Gasteiger partial charge in [-0.25, -0.2) is 9.89 Å². The highest BCUT2D eigenvalue weighted by Gasteiger charge is 2.08. The summed E-state index contributed by atoms with van der Waals surface area (Å²) in [6.45, 7) is 1.87. The molecule has 23 heavy (non-hydrogen) atoms. The van der Waals surface area contributed by atoms with Crippen molar-refractivity contribution in [1.82, 2.24) is 20.2 Å². The van der Waals surface area contributed by atoms with E-state index in [0.29, 0.717) is 22.0 Å². The highest BCUT2D eigenvalue weighted by Crippen LogP contribution is 2.17. The average Bonchev–Trinajstić information content (AvgIpc) is 2.93. The SMILES string of the molecule is Cc1cc(Cl)cc(C(=O)Nc2ccc(-n3nn[nH]c3=O)cc2)c1. The summed E-state index contributed by atoms with van der Waals surface area (Å²) in [5.74, 6) is -0.262. The van der Waals surface area contributed by atoms with Gasteiger partial charge >= 0.3 is 5.69 Å². The number of hydrogen-bond acceptors (Lipinski definition) is 4. The van der Waals surface area contributed by atoms with Crippen molar-refractivity contribution in [3.8, 4) is 5.69 Å². The van der Waals surface area contributed by atoms with E-state index in [0.717, 1.165) is 10.2 Å². The number of aryl methyl sites for hydroxylation is 1. The molecule has 0 radical (unpaired) electrons. The summed E-state index contributed by atoms with van der Waals surface area (Å²) in [6.07, 6.45) is 0. The normalized spacial score (nSPS) is 10.5. The number of rotatable bonds is 3. The van der Waals surface area contributed by atoms with Gasteiger partial charge in [0.2, 0.25) is 0 Å². The molecule has 2 aromatic carbocycles. The van der Waals surface area contributed by atoms with E-state index in [1.807, 2.05) is 6.92 Å². The number of nitrogens with zero attached hydrogens (tertiary/aromatic N) is 3. The number of carbonyl (C=O) groups is 1. The summed E-state index contributed by atoms with van der Waals surface area (Å²) in [4.78, 5) is 23.7. The van der Waals surface area contributed by atoms with Crippen LogP contribution >= 0.6 is 11.6 Å². The van der Waals surface area contributed by atoms with Crippen LogP contribution in [0.3, 0.4) is 0 Å². The number of aromatic nitrogens is 4. The van der Waals surface area contributed by atoms with Crippen molar-refractivity contribution in [2.24, 2.45) is 0 Å². The van der Waals surface area contributed by atoms with Crippen molar-refractivity contribution in [1.29, 1.82) is 0 Å². The Kier molecular flexibility index (Phi) is 3.94. The minimum absolute atomic E-state index is 0.262. The predicted octanol–water partition coefficient (Wildman–Crippen LogP) is 2.17. The summed E-state index contributed by atoms with van der Waals surface area (Å²) >= 11 is 5.96. The number of hydrogen-bond donors (Lipinski definition) is 2. The van der Waals surface area contributed by atoms with Crippen LogP contribution in [0.25, 0.3) is 5.69 Å². The fourth-order valence-electron chi connectivity index (χ4n) is 2.12. The maximum atomic E-state index is 12.2. The first-order chi connectivity index (χ1) is 11.0. The highest BCUT2D eigenvalue weighted by molar-refractivity contribution is 6.31. The van der Waals surface area contributed by atoms with Crippen LogP contribution in [-0.2, 0) is 0 Å². The minimum atomic E-state index is -0.434. The lowest BCUT2D eigenvalue weighted by atomic mass is 10.1. The number of nitrogens with one attached hydrogen (secondary N) is 2. The Bertz CT molecular complexity index is 894. The maximum absolute atomic E-state index is 12.2. The summed E-state index contributed by atoms with van der Waals surface area (Å²) in [6, 6.07) is 11.8. The zero-order valence-electron chi connectivity index (χ0n) is 12.1. The first-order valence-corrected chi connectivity index (χ1v) is 7.10. The predicted molar refractivity (Wildman–Crippen MR) is 86.1 cm³/mol. The number of H-pyrrole nitrogens is 1. The number of benzene rings is 2. The molecule has 0 atom stereocenters. The molecular weight excluding hydrogens is 318 g/mol. The van der Waals surface area contributed by atoms with Crippen LogP contribution in [0.4, 0.5) is 5.69 Å². The molecule has 0 unspecified atom stereocenters. The quantitative estimate of drug-likeness (QED) is 0.770. The van der Waals surface area contributed by atoms with E-state index in [2.05, 4.69) is 20.8 Å². The van der Waals surface area contributed by atoms with Crippen LogP contribution in [0.2, 0.25) is 5.02 Å². The number of carbonyl (C=O) groups excluding carboxylic acids is 1. The Morgan fingerprint density at radius 3 is 2.57 bits per heavy atom. The molecule has 2 N–H and O–H groups in total. The smallest absolute Gasteiger partial charge is 0.322 e. The lowest BCUT2D eigenvalue weighted by molar-refractivity contribution is 0.102. The number of tetrazole rings is 1. The molecule has 1 aromatic heterocycles. The van der Waals surface area contributed by atoms with E-state index < -0.39 is 5.69 Å². The molecule has 0 spiro atoms. The molecule has 1 amide bonds. The molecule has 0 fully saturated rings. The van der Waals surface area contributed by atoms with Gasteiger partial charge < -0.3 is 5.32 Å². The van der Waals surface area contributed by atoms with E-state index in [1.165, 1.54) is 0 Å². The van der Waals surface area contributed by atoms with Gasteiger partial charge in [0.15, 0.2) is 0 Å². The molecule has 0 saturated carbocycles. The Labute approximate surface area is 135 Å². The van der Waals surface area contributed by atoms with E-state index in [4.69, 9.17) is 11.6 Å². The zero-order valence-corrected chi connectivity index (χ0v) is 12.8. The third kappa shape index (κ3) is 3.29. The van der Waals surface area contributed by atoms with Crippen molar-refractivity contribution < 1.29 is 4.79 Å². The lowest BCUT2D eigenvalue weighted by Gasteiger charge is -2.07. The number of halogens is 1. The van der Waals surface area contributed by atoms with Gasteiger partial charge in [0.25, 0.3) is 5.91 Å². The third-order valence-electron chi connectivity index (χ3n) is 3.15. The van der Waals surface area contributed by atoms with Crippen molar-refractivity contribution in [3.05, 3.63) is 69.1 Å². The molecule has 116 valence electrons. The van der Waals surface area contributed by atoms with E-state index in [1.54, 1.807) is 42.5 Å². The summed E-state index contributed by atoms with van der Waals surface area (Å²) in [7, 11) is 0. The zero-order chi connectivity index (χ0) is 16.4. The Morgan fingerprint density at radius 2 is 1.96 bits per heavy atom. The lowest BCUT2D eigenvalue weighted by Crippen LogP contribution is -2.16. The molecular formula is C15H12ClN5O2. The van der Waals surface area contributed by atoms with Crippen LogP contribution in [0.5, 0.6) is 0 Å². The van der Waals surface area contributed by atoms with Gasteiger partial charge in [0.05, 0.1) is 5.69 Å². The van der Waals surface area contributed by atoms with Gasteiger partial charge in [-0.1, -0.05) is 11.6 Å². The van der Waals surface area contributed by atoms with Crippen molar-refractivity contribution in [2.75, 3.05) is 5.32 Å². The Hall–Kier alpha value is -2.93. The highest BCUT2D eigenvalue weighted by atomic mass is 35.5. The summed E-state index contributed by atoms with van der Waals surface area (Å²) < 4.78 is 1.12. The van der Waals surface area contributed by atoms with Crippen molar-refractivity contribution >= 4 is 23.2 Å². The second-order valence-corrected chi connectivity index (χ2v) is 5.37. The second kappa shape index (κ2) is 6.05. The minimum Gasteiger partial charge on any atom is -0.322 e. The largest absolute Gasteiger partial charge is 0.365 e. The number of anilines is 1. The molecule has 0 saturated heterocycles. The van der Waals surface area contributed by atoms with E-state index >= 15 is 0 Å². The summed E-state index contributed by atoms with van der Waals surface area (Å²) in [5.41, 5.74) is 2.08. The van der Waals surface area contributed by atoms with Gasteiger partial charge in [-0.2, -0.15) is 4.68 Å². The molecule has 7 nitrogen and oxygen atoms in total. The fourth-order valence-corrected chi connectivity index (χ4v) is 2.41. The third-order valence-corrected chi connectivity index (χ3v) is 3.36. The number of aromatic amines is 1. The number of amides is 1. The average molecular weight is 330 g/mol. The Morgan fingerprint density at radius 1 is 1.22 bits per heavy atom. The first kappa shape index (κ1) is 15.0. The molecule has 3 aromatic rings. The fraction of sp³-hybridized carbons (Fsp3) is 0.0667. The van der Waals surface area contributed by atoms with Gasteiger partial charge in [0.1, 0.15) is 0 Å². The van der Waals surface area contributed by atoms with E-state index in [-0.39, 0.29) is 5.91 Å². The molecule has 1 heterocycles. The molecule has 0 aliphatic carbocycles. The molecule has 3 rings (SSSR count). The summed E-state index contributed by atoms with van der Waals surface area (Å²) in [5, 5.41) is 12.5. The first-order valence-electron chi connectivity index (χ1n) is 6.72. The van der Waals surface area contributed by atoms with Crippen LogP contribution in [0.1, 0.15) is 15.9 Å². The molecule has 0 aliphatic heterocycles. The second-order valence-electron chi connectivity index (χ2n) is 4.94. The van der Waals surface area contributed by atoms with Gasteiger partial charge in [-0.15, -0.1) is 0 Å². The van der Waals surface area contributed by atoms with Crippen LogP contribution in [0.15, 0.2) is 47.3 Å². The molecule has 0 bridgehead atoms. The topological polar surface area (TPSA) is 92.7 Å². The van der Waals surface area contributed by atoms with Gasteiger partial charge in [0, 0.05) is 16.3 Å². The van der Waals surface area contributed by atoms with E-state index in [9.17, 15) is 9.59 Å². The van der Waals surface area contributed by atoms with Crippen LogP contribution in [-0.4, -0.2) is 26.1 Å². The maximum Gasteiger partial charge on any atom is 0.365 e. The van der Waals surface area contributed by atoms with Crippen molar-refractivity contribution in [2.45, 2.75) is 6.92 Å². The molecule has 0 aliphatic rings. The van der Waals surface area contributed by atoms with Gasteiger partial charge in [-0.3, -0.25) is 4.79 Å². The van der Waals surface area contributed by atoms with Gasteiger partial charge in [-0.05, 0) is 65.4 Å². The van der Waals surface area contributed by atoms with Crippen LogP contribution in [0, 0.1) is 6.92 Å². The molecule has 8 heteroatoms. The van der Waals surface area contributed by atoms with Crippen LogP contribution < -0.4 is 11.0 Å². The monoisotopic (exact) mass is 329 g/mol. The standard InChI is InChI=1S/C15H12ClN5O2/c1-9-6-10(8-11(16)7-9)14(22)17-12-2-4-13(5-3-12)21-15(23)18-19-20-21/h2-8H,1H3,(H,17,22)(H,18,20,23). The van der Waals surface area contributed by atoms with Crippen molar-refractivity contribution in [3.63, 3.8) is 0 Å². The Balaban J connectivity index is 1.79.